The van der Waals surface area contributed by atoms with Gasteiger partial charge in [0.25, 0.3) is 0 Å². The van der Waals surface area contributed by atoms with Gasteiger partial charge in [-0.05, 0) is 54.9 Å². The molecule has 9 heteroatoms. The third-order valence-electron chi connectivity index (χ3n) is 4.63. The molecule has 0 bridgehead atoms. The first kappa shape index (κ1) is 18.7. The molecule has 2 aromatic rings. The maximum atomic E-state index is 12.4. The van der Waals surface area contributed by atoms with Crippen LogP contribution in [0.5, 0.6) is 0 Å². The van der Waals surface area contributed by atoms with Crippen LogP contribution in [0.2, 0.25) is 5.02 Å². The van der Waals surface area contributed by atoms with Crippen molar-refractivity contribution in [2.24, 2.45) is 5.92 Å². The third-order valence-corrected chi connectivity index (χ3v) is 4.86. The molecule has 0 unspecified atom stereocenters. The van der Waals surface area contributed by atoms with Gasteiger partial charge in [-0.1, -0.05) is 24.9 Å². The van der Waals surface area contributed by atoms with E-state index in [-0.39, 0.29) is 11.8 Å². The number of unbranched alkanes of at least 4 members (excludes halogenated alkanes) is 1. The van der Waals surface area contributed by atoms with Crippen molar-refractivity contribution in [3.8, 4) is 0 Å². The fraction of sp³-hybridized carbons (Fsp3) is 0.588. The van der Waals surface area contributed by atoms with Crippen LogP contribution >= 0.6 is 11.6 Å². The van der Waals surface area contributed by atoms with Crippen molar-refractivity contribution in [3.05, 3.63) is 29.2 Å². The summed E-state index contributed by atoms with van der Waals surface area (Å²) in [6, 6.07) is 3.43. The Morgan fingerprint density at radius 3 is 2.85 bits per heavy atom. The molecule has 1 N–H and O–H groups in total. The molecular formula is C17H24ClN7O. The Kier molecular flexibility index (Phi) is 6.51. The lowest BCUT2D eigenvalue weighted by molar-refractivity contribution is -0.121. The predicted octanol–water partition coefficient (Wildman–Crippen LogP) is 2.37. The highest BCUT2D eigenvalue weighted by atomic mass is 35.5. The van der Waals surface area contributed by atoms with E-state index in [1.54, 1.807) is 12.1 Å². The van der Waals surface area contributed by atoms with Crippen molar-refractivity contribution in [1.29, 1.82) is 0 Å². The molecule has 1 aliphatic heterocycles. The maximum Gasteiger partial charge on any atom is 0.228 e. The van der Waals surface area contributed by atoms with Crippen molar-refractivity contribution >= 4 is 23.3 Å². The Hall–Kier alpha value is -2.06. The summed E-state index contributed by atoms with van der Waals surface area (Å²) in [7, 11) is 0. The summed E-state index contributed by atoms with van der Waals surface area (Å²) in [6.07, 6.45) is 5.34. The number of tetrazole rings is 1. The normalized spacial score (nSPS) is 15.9. The summed E-state index contributed by atoms with van der Waals surface area (Å²) in [5.74, 6) is 1.45. The molecular weight excluding hydrogens is 354 g/mol. The summed E-state index contributed by atoms with van der Waals surface area (Å²) < 4.78 is 1.88. The SMILES string of the molecule is CCCCn1nnnc1CN1CCC(C(=O)Nc2ccc(Cl)cn2)CC1. The number of pyridine rings is 1. The molecule has 1 aliphatic rings. The summed E-state index contributed by atoms with van der Waals surface area (Å²) in [4.78, 5) is 18.8. The minimum atomic E-state index is -0.000172. The summed E-state index contributed by atoms with van der Waals surface area (Å²) in [6.45, 7) is 5.44. The zero-order valence-corrected chi connectivity index (χ0v) is 15.7. The molecule has 3 heterocycles. The van der Waals surface area contributed by atoms with Crippen LogP contribution < -0.4 is 5.32 Å². The number of nitrogens with one attached hydrogen (secondary N) is 1. The van der Waals surface area contributed by atoms with E-state index in [0.29, 0.717) is 10.8 Å². The number of anilines is 1. The largest absolute Gasteiger partial charge is 0.310 e. The van der Waals surface area contributed by atoms with Crippen LogP contribution in [0.1, 0.15) is 38.4 Å². The molecule has 3 rings (SSSR count). The number of carbonyl (C=O) groups excluding carboxylic acids is 1. The number of hydrogen-bond donors (Lipinski definition) is 1. The molecule has 2 aromatic heterocycles. The number of likely N-dealkylation sites (tertiary alicyclic amines) is 1. The summed E-state index contributed by atoms with van der Waals surface area (Å²) in [5.41, 5.74) is 0. The van der Waals surface area contributed by atoms with E-state index in [9.17, 15) is 4.79 Å². The van der Waals surface area contributed by atoms with E-state index in [0.717, 1.165) is 57.7 Å². The highest BCUT2D eigenvalue weighted by Gasteiger charge is 2.26. The van der Waals surface area contributed by atoms with Gasteiger partial charge in [-0.25, -0.2) is 9.67 Å². The first-order valence-electron chi connectivity index (χ1n) is 9.05. The average Bonchev–Trinajstić information content (AvgIpc) is 3.09. The van der Waals surface area contributed by atoms with Gasteiger partial charge in [0.15, 0.2) is 5.82 Å². The van der Waals surface area contributed by atoms with E-state index in [1.807, 2.05) is 4.68 Å². The minimum Gasteiger partial charge on any atom is -0.310 e. The van der Waals surface area contributed by atoms with Crippen molar-refractivity contribution in [1.82, 2.24) is 30.1 Å². The Balaban J connectivity index is 1.47. The van der Waals surface area contributed by atoms with E-state index in [1.165, 1.54) is 6.20 Å². The van der Waals surface area contributed by atoms with Gasteiger partial charge in [0.2, 0.25) is 5.91 Å². The molecule has 0 aliphatic carbocycles. The van der Waals surface area contributed by atoms with Gasteiger partial charge in [0, 0.05) is 18.7 Å². The second kappa shape index (κ2) is 9.05. The number of nitrogens with zero attached hydrogens (tertiary/aromatic N) is 6. The Morgan fingerprint density at radius 1 is 1.35 bits per heavy atom. The van der Waals surface area contributed by atoms with Crippen molar-refractivity contribution in [2.75, 3.05) is 18.4 Å². The quantitative estimate of drug-likeness (QED) is 0.796. The highest BCUT2D eigenvalue weighted by Crippen LogP contribution is 2.20. The van der Waals surface area contributed by atoms with Crippen LogP contribution in [0.3, 0.4) is 0 Å². The molecule has 0 saturated carbocycles. The lowest BCUT2D eigenvalue weighted by atomic mass is 9.96. The van der Waals surface area contributed by atoms with Crippen LogP contribution in [-0.4, -0.2) is 49.1 Å². The highest BCUT2D eigenvalue weighted by molar-refractivity contribution is 6.30. The molecule has 1 amide bonds. The molecule has 8 nitrogen and oxygen atoms in total. The predicted molar refractivity (Wildman–Crippen MR) is 98.6 cm³/mol. The van der Waals surface area contributed by atoms with Gasteiger partial charge in [0.05, 0.1) is 11.6 Å². The van der Waals surface area contributed by atoms with Gasteiger partial charge in [-0.3, -0.25) is 9.69 Å². The molecule has 26 heavy (non-hydrogen) atoms. The number of rotatable bonds is 7. The Bertz CT molecular complexity index is 710. The monoisotopic (exact) mass is 377 g/mol. The Morgan fingerprint density at radius 2 is 2.15 bits per heavy atom. The number of hydrogen-bond acceptors (Lipinski definition) is 6. The summed E-state index contributed by atoms with van der Waals surface area (Å²) >= 11 is 5.81. The molecule has 140 valence electrons. The molecule has 1 fully saturated rings. The molecule has 0 aromatic carbocycles. The van der Waals surface area contributed by atoms with Crippen LogP contribution in [-0.2, 0) is 17.9 Å². The first-order chi connectivity index (χ1) is 12.7. The van der Waals surface area contributed by atoms with Crippen LogP contribution in [0.4, 0.5) is 5.82 Å². The minimum absolute atomic E-state index is 0.000172. The van der Waals surface area contributed by atoms with Crippen molar-refractivity contribution < 1.29 is 4.79 Å². The van der Waals surface area contributed by atoms with Gasteiger partial charge >= 0.3 is 0 Å². The lowest BCUT2D eigenvalue weighted by Gasteiger charge is -2.30. The Labute approximate surface area is 157 Å². The fourth-order valence-electron chi connectivity index (χ4n) is 3.05. The smallest absolute Gasteiger partial charge is 0.228 e. The molecule has 0 spiro atoms. The van der Waals surface area contributed by atoms with E-state index in [2.05, 4.69) is 37.6 Å². The second-order valence-electron chi connectivity index (χ2n) is 6.57. The number of aryl methyl sites for hydroxylation is 1. The van der Waals surface area contributed by atoms with E-state index >= 15 is 0 Å². The summed E-state index contributed by atoms with van der Waals surface area (Å²) in [5, 5.41) is 15.4. The van der Waals surface area contributed by atoms with Crippen molar-refractivity contribution in [3.63, 3.8) is 0 Å². The van der Waals surface area contributed by atoms with Gasteiger partial charge < -0.3 is 5.32 Å². The lowest BCUT2D eigenvalue weighted by Crippen LogP contribution is -2.38. The molecule has 0 radical (unpaired) electrons. The fourth-order valence-corrected chi connectivity index (χ4v) is 3.16. The van der Waals surface area contributed by atoms with Gasteiger partial charge in [-0.2, -0.15) is 0 Å². The second-order valence-corrected chi connectivity index (χ2v) is 7.01. The zero-order chi connectivity index (χ0) is 18.4. The van der Waals surface area contributed by atoms with Crippen LogP contribution in [0.25, 0.3) is 0 Å². The number of aromatic nitrogens is 5. The average molecular weight is 378 g/mol. The number of carbonyl (C=O) groups is 1. The maximum absolute atomic E-state index is 12.4. The zero-order valence-electron chi connectivity index (χ0n) is 14.9. The third kappa shape index (κ3) is 4.98. The van der Waals surface area contributed by atoms with E-state index in [4.69, 9.17) is 11.6 Å². The molecule has 0 atom stereocenters. The topological polar surface area (TPSA) is 88.8 Å². The van der Waals surface area contributed by atoms with E-state index < -0.39 is 0 Å². The number of piperidine rings is 1. The standard InChI is InChI=1S/C17H24ClN7O/c1-2-3-8-25-16(21-22-23-25)12-24-9-6-13(7-10-24)17(26)20-15-5-4-14(18)11-19-15/h4-5,11,13H,2-3,6-10,12H2,1H3,(H,19,20,26). The first-order valence-corrected chi connectivity index (χ1v) is 9.43. The van der Waals surface area contributed by atoms with Gasteiger partial charge in [-0.15, -0.1) is 5.10 Å². The van der Waals surface area contributed by atoms with Crippen LogP contribution in [0.15, 0.2) is 18.3 Å². The van der Waals surface area contributed by atoms with Crippen LogP contribution in [0, 0.1) is 5.92 Å². The number of halogens is 1. The van der Waals surface area contributed by atoms with Crippen molar-refractivity contribution in [2.45, 2.75) is 45.7 Å². The molecule has 1 saturated heterocycles. The van der Waals surface area contributed by atoms with Gasteiger partial charge in [0.1, 0.15) is 5.82 Å². The number of amides is 1.